The van der Waals surface area contributed by atoms with E-state index in [2.05, 4.69) is 0 Å². The molecule has 5 rings (SSSR count). The highest BCUT2D eigenvalue weighted by Gasteiger charge is 2.20. The van der Waals surface area contributed by atoms with Crippen molar-refractivity contribution in [1.82, 2.24) is 9.38 Å². The molecule has 0 N–H and O–H groups in total. The lowest BCUT2D eigenvalue weighted by molar-refractivity contribution is 0.414. The number of thiazole rings is 1. The molecule has 0 amide bonds. The highest BCUT2D eigenvalue weighted by molar-refractivity contribution is 7.15. The summed E-state index contributed by atoms with van der Waals surface area (Å²) in [5.41, 5.74) is 3.96. The van der Waals surface area contributed by atoms with Crippen molar-refractivity contribution in [3.8, 4) is 28.3 Å². The number of fused-ring (bicyclic) bond motifs is 1. The average Bonchev–Trinajstić information content (AvgIpc) is 3.34. The van der Waals surface area contributed by atoms with Crippen LogP contribution in [0.25, 0.3) is 33.6 Å². The van der Waals surface area contributed by atoms with E-state index in [1.807, 2.05) is 60.7 Å². The third kappa shape index (κ3) is 3.48. The summed E-state index contributed by atoms with van der Waals surface area (Å²) in [5.74, 6) is 0.429. The second kappa shape index (κ2) is 8.43. The van der Waals surface area contributed by atoms with E-state index in [1.165, 1.54) is 18.4 Å². The van der Waals surface area contributed by atoms with Crippen molar-refractivity contribution < 1.29 is 4.74 Å². The first-order valence-electron chi connectivity index (χ1n) is 9.78. The summed E-state index contributed by atoms with van der Waals surface area (Å²) in [7, 11) is 1.52. The molecular formula is C25H16Cl2N2O2S. The minimum absolute atomic E-state index is 0.147. The van der Waals surface area contributed by atoms with Gasteiger partial charge in [-0.3, -0.25) is 4.79 Å². The number of hydrogen-bond donors (Lipinski definition) is 0. The molecule has 0 spiro atoms. The van der Waals surface area contributed by atoms with Gasteiger partial charge in [-0.2, -0.15) is 0 Å². The Balaban J connectivity index is 1.80. The summed E-state index contributed by atoms with van der Waals surface area (Å²) in [6, 6.07) is 23.2. The maximum atomic E-state index is 13.5. The van der Waals surface area contributed by atoms with Gasteiger partial charge in [-0.05, 0) is 18.2 Å². The van der Waals surface area contributed by atoms with E-state index in [4.69, 9.17) is 32.9 Å². The Kier molecular flexibility index (Phi) is 5.47. The topological polar surface area (TPSA) is 43.6 Å². The van der Waals surface area contributed by atoms with Gasteiger partial charge >= 0.3 is 0 Å². The minimum atomic E-state index is -0.147. The van der Waals surface area contributed by atoms with Gasteiger partial charge in [0.05, 0.1) is 28.1 Å². The molecule has 5 aromatic rings. The van der Waals surface area contributed by atoms with Gasteiger partial charge < -0.3 is 4.74 Å². The summed E-state index contributed by atoms with van der Waals surface area (Å²) >= 11 is 13.7. The second-order valence-corrected chi connectivity index (χ2v) is 8.85. The first-order valence-corrected chi connectivity index (χ1v) is 11.4. The molecule has 158 valence electrons. The van der Waals surface area contributed by atoms with Crippen LogP contribution in [0.3, 0.4) is 0 Å². The third-order valence-electron chi connectivity index (χ3n) is 5.13. The summed E-state index contributed by atoms with van der Waals surface area (Å²) < 4.78 is 7.63. The molecule has 0 unspecified atom stereocenters. The maximum absolute atomic E-state index is 13.5. The zero-order valence-corrected chi connectivity index (χ0v) is 19.2. The van der Waals surface area contributed by atoms with Crippen LogP contribution in [-0.2, 0) is 0 Å². The molecule has 0 atom stereocenters. The van der Waals surface area contributed by atoms with Crippen LogP contribution in [0.4, 0.5) is 0 Å². The molecule has 2 heterocycles. The molecule has 7 heteroatoms. The van der Waals surface area contributed by atoms with E-state index >= 15 is 0 Å². The van der Waals surface area contributed by atoms with Crippen LogP contribution in [0, 0.1) is 0 Å². The Hall–Kier alpha value is -3.12. The van der Waals surface area contributed by atoms with Gasteiger partial charge in [0.25, 0.3) is 5.56 Å². The molecule has 3 aromatic carbocycles. The van der Waals surface area contributed by atoms with Crippen molar-refractivity contribution >= 4 is 45.6 Å². The number of rotatable bonds is 4. The molecule has 0 saturated heterocycles. The second-order valence-electron chi connectivity index (χ2n) is 7.06. The zero-order valence-electron chi connectivity index (χ0n) is 16.9. The van der Waals surface area contributed by atoms with E-state index in [-0.39, 0.29) is 5.56 Å². The lowest BCUT2D eigenvalue weighted by atomic mass is 10.1. The van der Waals surface area contributed by atoms with Gasteiger partial charge in [-0.15, -0.1) is 0 Å². The number of imidazole rings is 1. The van der Waals surface area contributed by atoms with Crippen molar-refractivity contribution in [1.29, 1.82) is 0 Å². The molecule has 0 aliphatic carbocycles. The predicted octanol–water partition coefficient (Wildman–Crippen LogP) is 5.95. The van der Waals surface area contributed by atoms with E-state index in [0.29, 0.717) is 30.9 Å². The third-order valence-corrected chi connectivity index (χ3v) is 6.88. The molecule has 4 nitrogen and oxygen atoms in total. The van der Waals surface area contributed by atoms with Crippen LogP contribution in [0.1, 0.15) is 5.56 Å². The number of nitrogens with zero attached hydrogens (tertiary/aromatic N) is 2. The first kappa shape index (κ1) is 20.8. The zero-order chi connectivity index (χ0) is 22.2. The minimum Gasteiger partial charge on any atom is -0.495 e. The van der Waals surface area contributed by atoms with Gasteiger partial charge in [0, 0.05) is 16.7 Å². The van der Waals surface area contributed by atoms with Crippen LogP contribution in [0.15, 0.2) is 77.6 Å². The first-order chi connectivity index (χ1) is 15.6. The van der Waals surface area contributed by atoms with E-state index < -0.39 is 0 Å². The Morgan fingerprint density at radius 3 is 2.25 bits per heavy atom. The molecular weight excluding hydrogens is 463 g/mol. The van der Waals surface area contributed by atoms with E-state index in [1.54, 1.807) is 22.6 Å². The van der Waals surface area contributed by atoms with Gasteiger partial charge in [-0.1, -0.05) is 95.2 Å². The fourth-order valence-corrected chi connectivity index (χ4v) is 5.03. The normalized spacial score (nSPS) is 11.9. The molecule has 0 saturated carbocycles. The molecule has 0 radical (unpaired) electrons. The van der Waals surface area contributed by atoms with Crippen molar-refractivity contribution in [3.63, 3.8) is 0 Å². The van der Waals surface area contributed by atoms with Gasteiger partial charge in [0.2, 0.25) is 0 Å². The van der Waals surface area contributed by atoms with Crippen molar-refractivity contribution in [2.75, 3.05) is 7.11 Å². The highest BCUT2D eigenvalue weighted by atomic mass is 35.5. The van der Waals surface area contributed by atoms with E-state index in [0.717, 1.165) is 22.5 Å². The quantitative estimate of drug-likeness (QED) is 0.320. The number of benzene rings is 3. The Labute approximate surface area is 198 Å². The number of halogens is 2. The Bertz CT molecular complexity index is 1540. The van der Waals surface area contributed by atoms with Gasteiger partial charge in [-0.25, -0.2) is 9.38 Å². The number of ether oxygens (including phenoxy) is 1. The summed E-state index contributed by atoms with van der Waals surface area (Å²) in [5, 5.41) is 0.705. The predicted molar refractivity (Wildman–Crippen MR) is 132 cm³/mol. The number of methoxy groups -OCH3 is 1. The summed E-state index contributed by atoms with van der Waals surface area (Å²) in [4.78, 5) is 19.0. The molecule has 0 fully saturated rings. The Morgan fingerprint density at radius 2 is 1.59 bits per heavy atom. The number of hydrogen-bond acceptors (Lipinski definition) is 4. The van der Waals surface area contributed by atoms with Crippen molar-refractivity contribution in [2.24, 2.45) is 0 Å². The van der Waals surface area contributed by atoms with Crippen LogP contribution in [-0.4, -0.2) is 16.5 Å². The van der Waals surface area contributed by atoms with Crippen LogP contribution in [0.2, 0.25) is 10.0 Å². The lowest BCUT2D eigenvalue weighted by Crippen LogP contribution is -2.23. The van der Waals surface area contributed by atoms with Gasteiger partial charge in [0.15, 0.2) is 4.96 Å². The summed E-state index contributed by atoms with van der Waals surface area (Å²) in [6.45, 7) is 0. The fourth-order valence-electron chi connectivity index (χ4n) is 3.67. The molecule has 0 bridgehead atoms. The van der Waals surface area contributed by atoms with E-state index in [9.17, 15) is 4.79 Å². The van der Waals surface area contributed by atoms with Crippen molar-refractivity contribution in [3.05, 3.63) is 103 Å². The largest absolute Gasteiger partial charge is 0.495 e. The van der Waals surface area contributed by atoms with Crippen LogP contribution < -0.4 is 14.8 Å². The van der Waals surface area contributed by atoms with Crippen LogP contribution in [0.5, 0.6) is 5.75 Å². The van der Waals surface area contributed by atoms with Crippen molar-refractivity contribution in [2.45, 2.75) is 0 Å². The maximum Gasteiger partial charge on any atom is 0.274 e. The lowest BCUT2D eigenvalue weighted by Gasteiger charge is -2.07. The highest BCUT2D eigenvalue weighted by Crippen LogP contribution is 2.36. The summed E-state index contributed by atoms with van der Waals surface area (Å²) in [6.07, 6.45) is 1.76. The van der Waals surface area contributed by atoms with Gasteiger partial charge in [0.1, 0.15) is 10.8 Å². The molecule has 32 heavy (non-hydrogen) atoms. The smallest absolute Gasteiger partial charge is 0.274 e. The van der Waals surface area contributed by atoms with Crippen LogP contribution >= 0.6 is 34.5 Å². The molecule has 0 aliphatic heterocycles. The molecule has 0 aliphatic rings. The number of aromatic nitrogens is 2. The standard InChI is InChI=1S/C25H16Cl2N2O2S/c1-31-23-17(12-13-18(26)20(23)27)14-19-24(30)29-22(16-10-6-3-7-11-16)21(28-25(29)32-19)15-8-4-2-5-9-15/h2-14H,1H3/b19-14-. The SMILES string of the molecule is COc1c(/C=c2\sc3nc(-c4ccccc4)c(-c4ccccc4)n3c2=O)ccc(Cl)c1Cl. The average molecular weight is 479 g/mol. The molecule has 2 aromatic heterocycles. The Morgan fingerprint density at radius 1 is 0.938 bits per heavy atom. The fraction of sp³-hybridized carbons (Fsp3) is 0.0400. The monoisotopic (exact) mass is 478 g/mol.